The zero-order valence-electron chi connectivity index (χ0n) is 10.3. The van der Waals surface area contributed by atoms with Crippen LogP contribution in [0.1, 0.15) is 20.7 Å². The van der Waals surface area contributed by atoms with E-state index in [0.717, 1.165) is 4.47 Å². The van der Waals surface area contributed by atoms with E-state index in [1.807, 2.05) is 6.07 Å². The topological polar surface area (TPSA) is 43.4 Å². The second-order valence-electron chi connectivity index (χ2n) is 4.00. The van der Waals surface area contributed by atoms with Crippen LogP contribution in [0, 0.1) is 0 Å². The number of ketones is 1. The Hall–Kier alpha value is -1.65. The fourth-order valence-electron chi connectivity index (χ4n) is 1.62. The smallest absolute Gasteiger partial charge is 0.201 e. The lowest BCUT2D eigenvalue weighted by Crippen LogP contribution is -2.12. The highest BCUT2D eigenvalue weighted by Crippen LogP contribution is 2.25. The Balaban J connectivity index is 2.07. The monoisotopic (exact) mass is 352 g/mol. The molecule has 20 heavy (non-hydrogen) atoms. The Kier molecular flexibility index (Phi) is 4.93. The molecule has 5 heteroatoms. The fraction of sp³-hybridized carbons (Fsp3) is 0.0667. The molecule has 102 valence electrons. The summed E-state index contributed by atoms with van der Waals surface area (Å²) in [5, 5.41) is 0.300. The summed E-state index contributed by atoms with van der Waals surface area (Å²) in [7, 11) is 0. The van der Waals surface area contributed by atoms with Gasteiger partial charge in [0, 0.05) is 15.6 Å². The molecular weight excluding hydrogens is 344 g/mol. The minimum atomic E-state index is -0.159. The number of halogens is 2. The van der Waals surface area contributed by atoms with Crippen LogP contribution in [0.15, 0.2) is 46.9 Å². The molecule has 0 aliphatic rings. The quantitative estimate of drug-likeness (QED) is 0.598. The fourth-order valence-corrected chi connectivity index (χ4v) is 2.37. The van der Waals surface area contributed by atoms with Crippen molar-refractivity contribution in [2.24, 2.45) is 0 Å². The van der Waals surface area contributed by atoms with Gasteiger partial charge in [0.25, 0.3) is 0 Å². The van der Waals surface area contributed by atoms with Crippen LogP contribution in [0.4, 0.5) is 0 Å². The third-order valence-electron chi connectivity index (χ3n) is 2.63. The summed E-state index contributed by atoms with van der Waals surface area (Å²) in [5.74, 6) is 0.214. The molecular formula is C15H10BrClO3. The average molecular weight is 354 g/mol. The van der Waals surface area contributed by atoms with E-state index < -0.39 is 0 Å². The predicted octanol–water partition coefficient (Wildman–Crippen LogP) is 4.18. The highest BCUT2D eigenvalue weighted by molar-refractivity contribution is 9.10. The van der Waals surface area contributed by atoms with Crippen LogP contribution in [0.5, 0.6) is 5.75 Å². The van der Waals surface area contributed by atoms with Crippen molar-refractivity contribution in [3.63, 3.8) is 0 Å². The van der Waals surface area contributed by atoms with Crippen molar-refractivity contribution in [3.8, 4) is 5.75 Å². The first-order chi connectivity index (χ1) is 9.61. The molecule has 2 rings (SSSR count). The first-order valence-electron chi connectivity index (χ1n) is 5.77. The standard InChI is InChI=1S/C15H10BrClO3/c16-12-4-2-1-3-11(12)14(19)9-20-15-6-5-10(8-18)7-13(15)17/h1-8H,9H2. The van der Waals surface area contributed by atoms with Crippen LogP contribution in [-0.4, -0.2) is 18.7 Å². The summed E-state index contributed by atoms with van der Waals surface area (Å²) in [5.41, 5.74) is 1.01. The van der Waals surface area contributed by atoms with E-state index in [-0.39, 0.29) is 12.4 Å². The van der Waals surface area contributed by atoms with Crippen molar-refractivity contribution in [1.82, 2.24) is 0 Å². The van der Waals surface area contributed by atoms with E-state index in [1.54, 1.807) is 30.3 Å². The third-order valence-corrected chi connectivity index (χ3v) is 3.61. The highest BCUT2D eigenvalue weighted by Gasteiger charge is 2.11. The van der Waals surface area contributed by atoms with Gasteiger partial charge >= 0.3 is 0 Å². The minimum Gasteiger partial charge on any atom is -0.484 e. The van der Waals surface area contributed by atoms with E-state index in [4.69, 9.17) is 16.3 Å². The molecule has 0 unspecified atom stereocenters. The van der Waals surface area contributed by atoms with Gasteiger partial charge in [0.15, 0.2) is 6.61 Å². The lowest BCUT2D eigenvalue weighted by atomic mass is 10.1. The lowest BCUT2D eigenvalue weighted by molar-refractivity contribution is 0.0920. The Labute approximate surface area is 129 Å². The second kappa shape index (κ2) is 6.68. The zero-order valence-corrected chi connectivity index (χ0v) is 12.6. The maximum atomic E-state index is 12.0. The average Bonchev–Trinajstić information content (AvgIpc) is 2.46. The SMILES string of the molecule is O=Cc1ccc(OCC(=O)c2ccccc2Br)c(Cl)c1. The molecule has 0 N–H and O–H groups in total. The van der Waals surface area contributed by atoms with Crippen LogP contribution in [-0.2, 0) is 0 Å². The number of benzene rings is 2. The molecule has 0 amide bonds. The van der Waals surface area contributed by atoms with Crippen molar-refractivity contribution in [2.75, 3.05) is 6.61 Å². The number of ether oxygens (including phenoxy) is 1. The molecule has 0 saturated carbocycles. The summed E-state index contributed by atoms with van der Waals surface area (Å²) in [6, 6.07) is 11.8. The molecule has 0 bridgehead atoms. The molecule has 0 fully saturated rings. The van der Waals surface area contributed by atoms with E-state index in [1.165, 1.54) is 6.07 Å². The zero-order chi connectivity index (χ0) is 14.5. The normalized spacial score (nSPS) is 10.1. The molecule has 0 aliphatic carbocycles. The molecule has 0 heterocycles. The number of hydrogen-bond acceptors (Lipinski definition) is 3. The summed E-state index contributed by atoms with van der Waals surface area (Å²) in [6.45, 7) is -0.122. The van der Waals surface area contributed by atoms with E-state index in [0.29, 0.717) is 28.2 Å². The summed E-state index contributed by atoms with van der Waals surface area (Å²) in [6.07, 6.45) is 0.696. The van der Waals surface area contributed by atoms with Crippen molar-refractivity contribution < 1.29 is 14.3 Å². The molecule has 0 spiro atoms. The maximum absolute atomic E-state index is 12.0. The third kappa shape index (κ3) is 3.46. The van der Waals surface area contributed by atoms with Gasteiger partial charge in [-0.2, -0.15) is 0 Å². The number of aldehydes is 1. The molecule has 0 saturated heterocycles. The lowest BCUT2D eigenvalue weighted by Gasteiger charge is -2.08. The summed E-state index contributed by atoms with van der Waals surface area (Å²) >= 11 is 9.28. The van der Waals surface area contributed by atoms with E-state index in [2.05, 4.69) is 15.9 Å². The van der Waals surface area contributed by atoms with Crippen molar-refractivity contribution in [1.29, 1.82) is 0 Å². The molecule has 3 nitrogen and oxygen atoms in total. The second-order valence-corrected chi connectivity index (χ2v) is 5.26. The number of carbonyl (C=O) groups is 2. The Morgan fingerprint density at radius 2 is 2.00 bits per heavy atom. The number of Topliss-reactive ketones (excluding diaryl/α,β-unsaturated/α-hetero) is 1. The molecule has 2 aromatic carbocycles. The summed E-state index contributed by atoms with van der Waals surface area (Å²) < 4.78 is 6.11. The summed E-state index contributed by atoms with van der Waals surface area (Å²) in [4.78, 5) is 22.6. The van der Waals surface area contributed by atoms with Gasteiger partial charge in [-0.25, -0.2) is 0 Å². The van der Waals surface area contributed by atoms with Gasteiger partial charge in [-0.1, -0.05) is 45.7 Å². The van der Waals surface area contributed by atoms with Crippen molar-refractivity contribution >= 4 is 39.6 Å². The molecule has 0 aromatic heterocycles. The Morgan fingerprint density at radius 3 is 2.65 bits per heavy atom. The van der Waals surface area contributed by atoms with E-state index >= 15 is 0 Å². The van der Waals surface area contributed by atoms with Gasteiger partial charge < -0.3 is 4.74 Å². The van der Waals surface area contributed by atoms with E-state index in [9.17, 15) is 9.59 Å². The predicted molar refractivity (Wildman–Crippen MR) is 80.8 cm³/mol. The maximum Gasteiger partial charge on any atom is 0.201 e. The molecule has 2 aromatic rings. The molecule has 0 aliphatic heterocycles. The first kappa shape index (κ1) is 14.8. The van der Waals surface area contributed by atoms with Crippen molar-refractivity contribution in [3.05, 3.63) is 63.1 Å². The Bertz CT molecular complexity index is 655. The van der Waals surface area contributed by atoms with Crippen LogP contribution < -0.4 is 4.74 Å². The van der Waals surface area contributed by atoms with Gasteiger partial charge in [-0.3, -0.25) is 9.59 Å². The number of rotatable bonds is 5. The molecule has 0 atom stereocenters. The van der Waals surface area contributed by atoms with Gasteiger partial charge in [0.05, 0.1) is 5.02 Å². The number of carbonyl (C=O) groups excluding carboxylic acids is 2. The Morgan fingerprint density at radius 1 is 1.25 bits per heavy atom. The van der Waals surface area contributed by atoms with Crippen LogP contribution in [0.2, 0.25) is 5.02 Å². The highest BCUT2D eigenvalue weighted by atomic mass is 79.9. The van der Waals surface area contributed by atoms with Crippen LogP contribution in [0.3, 0.4) is 0 Å². The molecule has 0 radical (unpaired) electrons. The van der Waals surface area contributed by atoms with Gasteiger partial charge in [0.1, 0.15) is 12.0 Å². The van der Waals surface area contributed by atoms with Gasteiger partial charge in [-0.15, -0.1) is 0 Å². The first-order valence-corrected chi connectivity index (χ1v) is 6.94. The van der Waals surface area contributed by atoms with Gasteiger partial charge in [0.2, 0.25) is 5.78 Å². The van der Waals surface area contributed by atoms with Gasteiger partial charge in [-0.05, 0) is 24.3 Å². The number of hydrogen-bond donors (Lipinski definition) is 0. The van der Waals surface area contributed by atoms with Crippen LogP contribution >= 0.6 is 27.5 Å². The largest absolute Gasteiger partial charge is 0.484 e. The van der Waals surface area contributed by atoms with Crippen molar-refractivity contribution in [2.45, 2.75) is 0 Å². The van der Waals surface area contributed by atoms with Crippen LogP contribution in [0.25, 0.3) is 0 Å². The minimum absolute atomic E-state index is 0.122.